The lowest BCUT2D eigenvalue weighted by molar-refractivity contribution is -0.144. The maximum atomic E-state index is 11.3. The van der Waals surface area contributed by atoms with Gasteiger partial charge < -0.3 is 15.3 Å². The first-order valence-electron chi connectivity index (χ1n) is 5.75. The lowest BCUT2D eigenvalue weighted by Crippen LogP contribution is -2.55. The molecule has 0 spiro atoms. The van der Waals surface area contributed by atoms with Crippen LogP contribution in [0.3, 0.4) is 0 Å². The number of likely N-dealkylation sites (N-methyl/N-ethyl adjacent to an activating group) is 2. The molecule has 3 N–H and O–H groups in total. The fourth-order valence-electron chi connectivity index (χ4n) is 1.73. The first kappa shape index (κ1) is 14.7. The number of hydroxylamine groups is 1. The van der Waals surface area contributed by atoms with Crippen LogP contribution in [0.1, 0.15) is 0 Å². The quantitative estimate of drug-likeness (QED) is 0.523. The first-order valence-corrected chi connectivity index (χ1v) is 5.75. The maximum Gasteiger partial charge on any atom is 0.338 e. The van der Waals surface area contributed by atoms with Crippen molar-refractivity contribution in [2.45, 2.75) is 6.04 Å². The molecule has 18 heavy (non-hydrogen) atoms. The van der Waals surface area contributed by atoms with Gasteiger partial charge in [0.15, 0.2) is 6.61 Å². The fraction of sp³-hybridized carbons (Fsp3) is 0.800. The molecule has 0 aromatic carbocycles. The zero-order chi connectivity index (χ0) is 13.5. The Bertz CT molecular complexity index is 300. The van der Waals surface area contributed by atoms with E-state index in [1.54, 1.807) is 0 Å². The van der Waals surface area contributed by atoms with Crippen molar-refractivity contribution in [1.29, 1.82) is 0 Å². The van der Waals surface area contributed by atoms with Gasteiger partial charge in [0, 0.05) is 32.2 Å². The van der Waals surface area contributed by atoms with Crippen molar-refractivity contribution in [2.75, 3.05) is 46.9 Å². The Labute approximate surface area is 106 Å². The molecule has 0 aliphatic carbocycles. The molecule has 1 atom stereocenters. The molecular formula is C10H20N4O4. The van der Waals surface area contributed by atoms with E-state index in [2.05, 4.69) is 20.0 Å². The molecule has 0 saturated carbocycles. The third-order valence-electron chi connectivity index (χ3n) is 2.84. The Morgan fingerprint density at radius 1 is 1.39 bits per heavy atom. The summed E-state index contributed by atoms with van der Waals surface area (Å²) in [7, 11) is 4.05. The standard InChI is InChI=1S/C10H20N4O4/c1-13-3-4-14(2)8(6-13)5-11-10(17)12-18-7-9(15)16/h8H,3-7H2,1-2H3,(H,15,16)(H2,11,12,17). The second kappa shape index (κ2) is 7.14. The SMILES string of the molecule is CN1CCN(C)C(CNC(=O)NOCC(=O)O)C1. The monoisotopic (exact) mass is 260 g/mol. The predicted octanol–water partition coefficient (Wildman–Crippen LogP) is -1.45. The molecule has 0 aromatic heterocycles. The topological polar surface area (TPSA) is 94.1 Å². The highest BCUT2D eigenvalue weighted by Crippen LogP contribution is 2.04. The van der Waals surface area contributed by atoms with E-state index in [-0.39, 0.29) is 6.04 Å². The van der Waals surface area contributed by atoms with Gasteiger partial charge in [-0.05, 0) is 14.1 Å². The van der Waals surface area contributed by atoms with Gasteiger partial charge in [0.1, 0.15) is 0 Å². The van der Waals surface area contributed by atoms with Gasteiger partial charge in [0.2, 0.25) is 0 Å². The zero-order valence-corrected chi connectivity index (χ0v) is 10.7. The zero-order valence-electron chi connectivity index (χ0n) is 10.7. The number of hydrogen-bond donors (Lipinski definition) is 3. The summed E-state index contributed by atoms with van der Waals surface area (Å²) < 4.78 is 0. The Balaban J connectivity index is 2.18. The lowest BCUT2D eigenvalue weighted by Gasteiger charge is -2.37. The van der Waals surface area contributed by atoms with Crippen molar-refractivity contribution in [3.05, 3.63) is 0 Å². The molecule has 104 valence electrons. The van der Waals surface area contributed by atoms with Crippen molar-refractivity contribution in [3.8, 4) is 0 Å². The van der Waals surface area contributed by atoms with Crippen molar-refractivity contribution < 1.29 is 19.5 Å². The molecule has 1 aliphatic heterocycles. The van der Waals surface area contributed by atoms with Crippen LogP contribution in [0, 0.1) is 0 Å². The minimum absolute atomic E-state index is 0.244. The smallest absolute Gasteiger partial charge is 0.338 e. The number of carboxylic acids is 1. The molecule has 1 rings (SSSR count). The highest BCUT2D eigenvalue weighted by atomic mass is 16.7. The van der Waals surface area contributed by atoms with E-state index >= 15 is 0 Å². The average molecular weight is 260 g/mol. The van der Waals surface area contributed by atoms with Crippen molar-refractivity contribution >= 4 is 12.0 Å². The third-order valence-corrected chi connectivity index (χ3v) is 2.84. The molecule has 2 amide bonds. The highest BCUT2D eigenvalue weighted by molar-refractivity contribution is 5.73. The number of nitrogens with one attached hydrogen (secondary N) is 2. The van der Waals surface area contributed by atoms with E-state index in [9.17, 15) is 9.59 Å². The van der Waals surface area contributed by atoms with Gasteiger partial charge in [-0.25, -0.2) is 15.1 Å². The Morgan fingerprint density at radius 3 is 2.78 bits per heavy atom. The van der Waals surface area contributed by atoms with Gasteiger partial charge in [-0.2, -0.15) is 0 Å². The van der Waals surface area contributed by atoms with Crippen LogP contribution in [-0.4, -0.2) is 79.8 Å². The molecule has 1 saturated heterocycles. The minimum atomic E-state index is -1.14. The summed E-state index contributed by atoms with van der Waals surface area (Å²) in [6.07, 6.45) is 0. The maximum absolute atomic E-state index is 11.3. The van der Waals surface area contributed by atoms with Crippen LogP contribution < -0.4 is 10.8 Å². The molecule has 1 unspecified atom stereocenters. The minimum Gasteiger partial charge on any atom is -0.479 e. The fourth-order valence-corrected chi connectivity index (χ4v) is 1.73. The molecule has 1 fully saturated rings. The number of carboxylic acid groups (broad SMARTS) is 1. The number of urea groups is 1. The molecule has 0 radical (unpaired) electrons. The largest absolute Gasteiger partial charge is 0.479 e. The molecule has 8 nitrogen and oxygen atoms in total. The van der Waals surface area contributed by atoms with E-state index in [0.717, 1.165) is 19.6 Å². The number of hydrogen-bond acceptors (Lipinski definition) is 5. The van der Waals surface area contributed by atoms with Crippen molar-refractivity contribution in [3.63, 3.8) is 0 Å². The van der Waals surface area contributed by atoms with Crippen LogP contribution in [0.15, 0.2) is 0 Å². The van der Waals surface area contributed by atoms with Crippen molar-refractivity contribution in [1.82, 2.24) is 20.6 Å². The second-order valence-corrected chi connectivity index (χ2v) is 4.39. The number of amides is 2. The summed E-state index contributed by atoms with van der Waals surface area (Å²) in [6.45, 7) is 2.79. The summed E-state index contributed by atoms with van der Waals surface area (Å²) in [5, 5.41) is 11.0. The molecular weight excluding hydrogens is 240 g/mol. The van der Waals surface area contributed by atoms with E-state index < -0.39 is 18.6 Å². The van der Waals surface area contributed by atoms with Crippen LogP contribution in [0.2, 0.25) is 0 Å². The van der Waals surface area contributed by atoms with Crippen LogP contribution in [0.5, 0.6) is 0 Å². The van der Waals surface area contributed by atoms with Crippen LogP contribution in [-0.2, 0) is 9.63 Å². The third kappa shape index (κ3) is 5.30. The van der Waals surface area contributed by atoms with Gasteiger partial charge >= 0.3 is 12.0 Å². The van der Waals surface area contributed by atoms with Crippen molar-refractivity contribution in [2.24, 2.45) is 0 Å². The number of rotatable bonds is 5. The summed E-state index contributed by atoms with van der Waals surface area (Å²) in [6, 6.07) is -0.285. The number of carbonyl (C=O) groups excluding carboxylic acids is 1. The van der Waals surface area contributed by atoms with Gasteiger partial charge in [-0.3, -0.25) is 9.74 Å². The lowest BCUT2D eigenvalue weighted by atomic mass is 10.2. The number of aliphatic carboxylic acids is 1. The summed E-state index contributed by atoms with van der Waals surface area (Å²) in [5.41, 5.74) is 2.02. The summed E-state index contributed by atoms with van der Waals surface area (Å²) >= 11 is 0. The van der Waals surface area contributed by atoms with E-state index in [4.69, 9.17) is 5.11 Å². The van der Waals surface area contributed by atoms with Crippen LogP contribution in [0.4, 0.5) is 4.79 Å². The first-order chi connectivity index (χ1) is 8.49. The van der Waals surface area contributed by atoms with Crippen LogP contribution >= 0.6 is 0 Å². The Morgan fingerprint density at radius 2 is 2.11 bits per heavy atom. The predicted molar refractivity (Wildman–Crippen MR) is 64.0 cm³/mol. The van der Waals surface area contributed by atoms with E-state index in [1.807, 2.05) is 19.6 Å². The van der Waals surface area contributed by atoms with Crippen LogP contribution in [0.25, 0.3) is 0 Å². The Kier molecular flexibility index (Phi) is 5.83. The van der Waals surface area contributed by atoms with Gasteiger partial charge in [-0.15, -0.1) is 0 Å². The molecule has 0 aromatic rings. The van der Waals surface area contributed by atoms with Gasteiger partial charge in [-0.1, -0.05) is 0 Å². The molecule has 1 heterocycles. The molecule has 0 bridgehead atoms. The second-order valence-electron chi connectivity index (χ2n) is 4.39. The summed E-state index contributed by atoms with van der Waals surface area (Å²) in [4.78, 5) is 30.3. The van der Waals surface area contributed by atoms with Gasteiger partial charge in [0.25, 0.3) is 0 Å². The summed E-state index contributed by atoms with van der Waals surface area (Å²) in [5.74, 6) is -1.14. The molecule has 1 aliphatic rings. The van der Waals surface area contributed by atoms with E-state index in [1.165, 1.54) is 0 Å². The Hall–Kier alpha value is -1.38. The van der Waals surface area contributed by atoms with E-state index in [0.29, 0.717) is 6.54 Å². The molecule has 8 heteroatoms. The average Bonchev–Trinajstić information content (AvgIpc) is 2.30. The normalized spacial score (nSPS) is 21.6. The highest BCUT2D eigenvalue weighted by Gasteiger charge is 2.22. The number of piperazine rings is 1. The van der Waals surface area contributed by atoms with Gasteiger partial charge in [0.05, 0.1) is 0 Å². The number of nitrogens with zero attached hydrogens (tertiary/aromatic N) is 2. The number of carbonyl (C=O) groups is 2.